The van der Waals surface area contributed by atoms with Crippen LogP contribution < -0.4 is 5.56 Å². The minimum Gasteiger partial charge on any atom is -0.304 e. The highest BCUT2D eigenvalue weighted by molar-refractivity contribution is 7.90. The van der Waals surface area contributed by atoms with Crippen LogP contribution in [0, 0.1) is 0 Å². The van der Waals surface area contributed by atoms with E-state index in [4.69, 9.17) is 0 Å². The zero-order valence-corrected chi connectivity index (χ0v) is 6.03. The molecule has 0 radical (unpaired) electrons. The molecule has 1 aromatic heterocycles. The van der Waals surface area contributed by atoms with E-state index >= 15 is 0 Å². The summed E-state index contributed by atoms with van der Waals surface area (Å²) in [7, 11) is -3.37. The number of aromatic amines is 2. The molecular weight excluding hydrogens is 156 g/mol. The summed E-state index contributed by atoms with van der Waals surface area (Å²) in [5.74, 6) is 0. The van der Waals surface area contributed by atoms with Gasteiger partial charge in [-0.15, -0.1) is 0 Å². The van der Waals surface area contributed by atoms with Gasteiger partial charge in [0, 0.05) is 12.5 Å². The van der Waals surface area contributed by atoms with Crippen molar-refractivity contribution in [2.24, 2.45) is 0 Å². The molecule has 10 heavy (non-hydrogen) atoms. The number of sulfone groups is 1. The normalized spacial score (nSPS) is 11.7. The van der Waals surface area contributed by atoms with Gasteiger partial charge in [0.1, 0.15) is 0 Å². The van der Waals surface area contributed by atoms with Gasteiger partial charge in [0.2, 0.25) is 0 Å². The third kappa shape index (κ3) is 1.10. The van der Waals surface area contributed by atoms with E-state index in [-0.39, 0.29) is 4.90 Å². The Morgan fingerprint density at radius 3 is 2.30 bits per heavy atom. The van der Waals surface area contributed by atoms with E-state index in [1.165, 1.54) is 0 Å². The third-order valence-electron chi connectivity index (χ3n) is 1.01. The lowest BCUT2D eigenvalue weighted by atomic mass is 10.7. The van der Waals surface area contributed by atoms with Gasteiger partial charge >= 0.3 is 0 Å². The summed E-state index contributed by atoms with van der Waals surface area (Å²) >= 11 is 0. The molecule has 56 valence electrons. The number of hydrogen-bond acceptors (Lipinski definition) is 3. The van der Waals surface area contributed by atoms with Crippen LogP contribution in [-0.2, 0) is 9.84 Å². The molecule has 0 spiro atoms. The molecule has 6 heteroatoms. The number of H-pyrrole nitrogens is 2. The molecular formula is C4H6N2O3S. The van der Waals surface area contributed by atoms with Gasteiger partial charge in [-0.2, -0.15) is 0 Å². The van der Waals surface area contributed by atoms with E-state index < -0.39 is 15.4 Å². The monoisotopic (exact) mass is 162 g/mol. The lowest BCUT2D eigenvalue weighted by molar-refractivity contribution is 0.601. The van der Waals surface area contributed by atoms with Crippen molar-refractivity contribution in [2.75, 3.05) is 6.26 Å². The topological polar surface area (TPSA) is 82.8 Å². The lowest BCUT2D eigenvalue weighted by Crippen LogP contribution is -2.10. The predicted molar refractivity (Wildman–Crippen MR) is 34.5 cm³/mol. The molecule has 0 amide bonds. The number of rotatable bonds is 1. The van der Waals surface area contributed by atoms with Gasteiger partial charge in [0.25, 0.3) is 5.56 Å². The molecule has 0 aliphatic heterocycles. The second-order valence-electron chi connectivity index (χ2n) is 1.88. The molecule has 5 nitrogen and oxygen atoms in total. The van der Waals surface area contributed by atoms with Crippen molar-refractivity contribution in [3.8, 4) is 0 Å². The Morgan fingerprint density at radius 2 is 2.10 bits per heavy atom. The van der Waals surface area contributed by atoms with Crippen LogP contribution in [0.5, 0.6) is 0 Å². The highest BCUT2D eigenvalue weighted by atomic mass is 32.2. The Labute approximate surface area is 57.0 Å². The second-order valence-corrected chi connectivity index (χ2v) is 3.86. The zero-order chi connectivity index (χ0) is 7.78. The van der Waals surface area contributed by atoms with Crippen molar-refractivity contribution in [3.05, 3.63) is 16.6 Å². The molecule has 0 aliphatic carbocycles. The predicted octanol–water partition coefficient (Wildman–Crippen LogP) is -0.893. The van der Waals surface area contributed by atoms with Crippen molar-refractivity contribution in [1.82, 2.24) is 10.2 Å². The van der Waals surface area contributed by atoms with Crippen LogP contribution in [0.4, 0.5) is 0 Å². The molecule has 1 aromatic rings. The Kier molecular flexibility index (Phi) is 1.40. The van der Waals surface area contributed by atoms with Crippen LogP contribution in [0.1, 0.15) is 0 Å². The van der Waals surface area contributed by atoms with E-state index in [0.29, 0.717) is 0 Å². The standard InChI is InChI=1S/C4H6N2O3S/c1-10(8,9)3-2-5-6-4(3)7/h2H,1H3,(H2,5,6,7). The molecule has 0 saturated heterocycles. The number of aromatic nitrogens is 2. The SMILES string of the molecule is CS(=O)(=O)c1c[nH][nH]c1=O. The van der Waals surface area contributed by atoms with Crippen molar-refractivity contribution in [3.63, 3.8) is 0 Å². The Hall–Kier alpha value is -1.04. The quantitative estimate of drug-likeness (QED) is 0.561. The molecule has 1 rings (SSSR count). The fourth-order valence-corrected chi connectivity index (χ4v) is 1.23. The first-order chi connectivity index (χ1) is 4.52. The second kappa shape index (κ2) is 1.98. The van der Waals surface area contributed by atoms with Gasteiger partial charge in [0.15, 0.2) is 14.7 Å². The summed E-state index contributed by atoms with van der Waals surface area (Å²) in [6.45, 7) is 0. The van der Waals surface area contributed by atoms with Gasteiger partial charge in [0.05, 0.1) is 0 Å². The smallest absolute Gasteiger partial charge is 0.282 e. The van der Waals surface area contributed by atoms with Crippen LogP contribution in [0.25, 0.3) is 0 Å². The summed E-state index contributed by atoms with van der Waals surface area (Å²) < 4.78 is 21.3. The summed E-state index contributed by atoms with van der Waals surface area (Å²) in [6.07, 6.45) is 2.10. The van der Waals surface area contributed by atoms with Crippen LogP contribution in [-0.4, -0.2) is 24.9 Å². The largest absolute Gasteiger partial charge is 0.304 e. The fraction of sp³-hybridized carbons (Fsp3) is 0.250. The summed E-state index contributed by atoms with van der Waals surface area (Å²) in [5.41, 5.74) is -0.609. The summed E-state index contributed by atoms with van der Waals surface area (Å²) in [5, 5.41) is 4.40. The van der Waals surface area contributed by atoms with E-state index in [0.717, 1.165) is 12.5 Å². The molecule has 0 bridgehead atoms. The van der Waals surface area contributed by atoms with Gasteiger partial charge in [-0.1, -0.05) is 0 Å². The van der Waals surface area contributed by atoms with Crippen LogP contribution in [0.15, 0.2) is 15.9 Å². The van der Waals surface area contributed by atoms with Crippen LogP contribution >= 0.6 is 0 Å². The van der Waals surface area contributed by atoms with Crippen molar-refractivity contribution in [1.29, 1.82) is 0 Å². The highest BCUT2D eigenvalue weighted by Crippen LogP contribution is 1.96. The number of hydrogen-bond donors (Lipinski definition) is 2. The van der Waals surface area contributed by atoms with Crippen LogP contribution in [0.3, 0.4) is 0 Å². The molecule has 0 atom stereocenters. The summed E-state index contributed by atoms with van der Waals surface area (Å²) in [6, 6.07) is 0. The van der Waals surface area contributed by atoms with Crippen molar-refractivity contribution >= 4 is 9.84 Å². The Bertz CT molecular complexity index is 371. The zero-order valence-electron chi connectivity index (χ0n) is 5.21. The molecule has 0 saturated carbocycles. The lowest BCUT2D eigenvalue weighted by Gasteiger charge is -1.84. The van der Waals surface area contributed by atoms with Crippen molar-refractivity contribution in [2.45, 2.75) is 4.90 Å². The molecule has 1 heterocycles. The average molecular weight is 162 g/mol. The molecule has 2 N–H and O–H groups in total. The third-order valence-corrected chi connectivity index (χ3v) is 2.11. The van der Waals surface area contributed by atoms with Gasteiger partial charge in [-0.3, -0.25) is 9.89 Å². The van der Waals surface area contributed by atoms with E-state index in [1.807, 2.05) is 0 Å². The maximum absolute atomic E-state index is 10.7. The minimum absolute atomic E-state index is 0.229. The first-order valence-electron chi connectivity index (χ1n) is 2.48. The van der Waals surface area contributed by atoms with E-state index in [1.54, 1.807) is 0 Å². The van der Waals surface area contributed by atoms with Crippen molar-refractivity contribution < 1.29 is 8.42 Å². The molecule has 0 fully saturated rings. The van der Waals surface area contributed by atoms with Gasteiger partial charge in [-0.05, 0) is 0 Å². The minimum atomic E-state index is -3.37. The van der Waals surface area contributed by atoms with Gasteiger partial charge in [-0.25, -0.2) is 8.42 Å². The number of nitrogens with one attached hydrogen (secondary N) is 2. The molecule has 0 aromatic carbocycles. The Balaban J connectivity index is 3.47. The fourth-order valence-electron chi connectivity index (χ4n) is 0.570. The average Bonchev–Trinajstić information content (AvgIpc) is 2.11. The van der Waals surface area contributed by atoms with E-state index in [9.17, 15) is 13.2 Å². The van der Waals surface area contributed by atoms with Crippen LogP contribution in [0.2, 0.25) is 0 Å². The first kappa shape index (κ1) is 7.07. The molecule has 0 unspecified atom stereocenters. The summed E-state index contributed by atoms with van der Waals surface area (Å²) in [4.78, 5) is 10.4. The highest BCUT2D eigenvalue weighted by Gasteiger charge is 2.11. The van der Waals surface area contributed by atoms with E-state index in [2.05, 4.69) is 10.2 Å². The van der Waals surface area contributed by atoms with Gasteiger partial charge < -0.3 is 5.10 Å². The molecule has 0 aliphatic rings. The first-order valence-corrected chi connectivity index (χ1v) is 4.37. The maximum atomic E-state index is 10.7. The Morgan fingerprint density at radius 1 is 1.50 bits per heavy atom. The maximum Gasteiger partial charge on any atom is 0.282 e.